The summed E-state index contributed by atoms with van der Waals surface area (Å²) in [5.74, 6) is 1.03. The molecule has 3 fully saturated rings. The number of carbonyl (C=O) groups excluding carboxylic acids is 1. The number of carbonyl (C=O) groups is 1. The quantitative estimate of drug-likeness (QED) is 0.845. The first-order valence-electron chi connectivity index (χ1n) is 9.64. The molecular weight excluding hydrogens is 316 g/mol. The van der Waals surface area contributed by atoms with Gasteiger partial charge in [-0.3, -0.25) is 9.63 Å². The Morgan fingerprint density at radius 2 is 1.76 bits per heavy atom. The number of hydrogen-bond donors (Lipinski definition) is 0. The standard InChI is InChI=1S/C20H28N2O3/c1-24-16-10-8-15(9-11-16)19-18(17-7-3-6-14-22(17)25-19)20(23)21-12-4-2-5-13-21/h8-11,17-19H,2-7,12-14H2,1H3/t17-,18+,19-/m0/s1. The lowest BCUT2D eigenvalue weighted by atomic mass is 9.85. The van der Waals surface area contributed by atoms with Crippen LogP contribution < -0.4 is 4.74 Å². The zero-order chi connectivity index (χ0) is 17.2. The molecule has 0 radical (unpaired) electrons. The van der Waals surface area contributed by atoms with Crippen LogP contribution in [-0.4, -0.2) is 48.7 Å². The van der Waals surface area contributed by atoms with E-state index in [1.54, 1.807) is 7.11 Å². The van der Waals surface area contributed by atoms with E-state index in [0.717, 1.165) is 56.6 Å². The van der Waals surface area contributed by atoms with Crippen molar-refractivity contribution in [3.8, 4) is 5.75 Å². The second-order valence-corrected chi connectivity index (χ2v) is 7.41. The number of benzene rings is 1. The van der Waals surface area contributed by atoms with E-state index in [1.807, 2.05) is 24.3 Å². The van der Waals surface area contributed by atoms with Crippen LogP contribution in [0.3, 0.4) is 0 Å². The van der Waals surface area contributed by atoms with E-state index < -0.39 is 0 Å². The Morgan fingerprint density at radius 1 is 1.04 bits per heavy atom. The van der Waals surface area contributed by atoms with Gasteiger partial charge in [-0.25, -0.2) is 0 Å². The summed E-state index contributed by atoms with van der Waals surface area (Å²) in [4.78, 5) is 21.7. The van der Waals surface area contributed by atoms with E-state index in [2.05, 4.69) is 9.96 Å². The van der Waals surface area contributed by atoms with Crippen LogP contribution in [0.15, 0.2) is 24.3 Å². The number of nitrogens with zero attached hydrogens (tertiary/aromatic N) is 2. The summed E-state index contributed by atoms with van der Waals surface area (Å²) in [5.41, 5.74) is 1.07. The lowest BCUT2D eigenvalue weighted by Gasteiger charge is -2.34. The van der Waals surface area contributed by atoms with Crippen molar-refractivity contribution >= 4 is 5.91 Å². The number of rotatable bonds is 3. The Balaban J connectivity index is 1.61. The summed E-state index contributed by atoms with van der Waals surface area (Å²) in [6, 6.07) is 8.21. The molecule has 1 aromatic rings. The molecule has 0 aromatic heterocycles. The van der Waals surface area contributed by atoms with Gasteiger partial charge in [-0.15, -0.1) is 0 Å². The van der Waals surface area contributed by atoms with Crippen LogP contribution in [0.1, 0.15) is 50.2 Å². The fraction of sp³-hybridized carbons (Fsp3) is 0.650. The van der Waals surface area contributed by atoms with Gasteiger partial charge in [0.2, 0.25) is 5.91 Å². The third kappa shape index (κ3) is 3.27. The third-order valence-electron chi connectivity index (χ3n) is 5.89. The van der Waals surface area contributed by atoms with Gasteiger partial charge in [-0.1, -0.05) is 18.6 Å². The summed E-state index contributed by atoms with van der Waals surface area (Å²) in [5, 5.41) is 2.09. The fourth-order valence-electron chi connectivity index (χ4n) is 4.51. The maximum Gasteiger partial charge on any atom is 0.230 e. The summed E-state index contributed by atoms with van der Waals surface area (Å²) >= 11 is 0. The molecule has 1 amide bonds. The van der Waals surface area contributed by atoms with Gasteiger partial charge < -0.3 is 9.64 Å². The van der Waals surface area contributed by atoms with E-state index in [9.17, 15) is 4.79 Å². The second kappa shape index (κ2) is 7.34. The minimum Gasteiger partial charge on any atom is -0.497 e. The molecule has 0 unspecified atom stereocenters. The van der Waals surface area contributed by atoms with Crippen molar-refractivity contribution in [3.63, 3.8) is 0 Å². The second-order valence-electron chi connectivity index (χ2n) is 7.41. The fourth-order valence-corrected chi connectivity index (χ4v) is 4.51. The molecule has 0 saturated carbocycles. The molecule has 5 nitrogen and oxygen atoms in total. The molecule has 0 bridgehead atoms. The van der Waals surface area contributed by atoms with Gasteiger partial charge in [-0.05, 0) is 49.8 Å². The molecule has 3 atom stereocenters. The van der Waals surface area contributed by atoms with E-state index in [1.165, 1.54) is 12.8 Å². The van der Waals surface area contributed by atoms with Gasteiger partial charge in [0, 0.05) is 25.7 Å². The van der Waals surface area contributed by atoms with Crippen LogP contribution in [0.25, 0.3) is 0 Å². The van der Waals surface area contributed by atoms with Gasteiger partial charge in [0.25, 0.3) is 0 Å². The molecule has 5 heteroatoms. The SMILES string of the molecule is COc1ccc([C@@H]2ON3CCCC[C@H]3[C@H]2C(=O)N2CCCCC2)cc1. The molecule has 3 heterocycles. The van der Waals surface area contributed by atoms with Gasteiger partial charge in [0.15, 0.2) is 0 Å². The highest BCUT2D eigenvalue weighted by molar-refractivity contribution is 5.81. The summed E-state index contributed by atoms with van der Waals surface area (Å²) < 4.78 is 5.27. The monoisotopic (exact) mass is 344 g/mol. The molecule has 3 aliphatic rings. The van der Waals surface area contributed by atoms with E-state index >= 15 is 0 Å². The highest BCUT2D eigenvalue weighted by atomic mass is 16.7. The van der Waals surface area contributed by atoms with Crippen molar-refractivity contribution in [1.82, 2.24) is 9.96 Å². The zero-order valence-corrected chi connectivity index (χ0v) is 15.0. The normalized spacial score (nSPS) is 30.1. The highest BCUT2D eigenvalue weighted by Crippen LogP contribution is 2.44. The van der Waals surface area contributed by atoms with Crippen LogP contribution >= 0.6 is 0 Å². The zero-order valence-electron chi connectivity index (χ0n) is 15.0. The number of piperidine rings is 2. The van der Waals surface area contributed by atoms with Crippen LogP contribution in [0, 0.1) is 5.92 Å². The summed E-state index contributed by atoms with van der Waals surface area (Å²) in [7, 11) is 1.67. The maximum atomic E-state index is 13.4. The number of fused-ring (bicyclic) bond motifs is 1. The molecule has 0 aliphatic carbocycles. The van der Waals surface area contributed by atoms with Gasteiger partial charge >= 0.3 is 0 Å². The first-order valence-corrected chi connectivity index (χ1v) is 9.64. The van der Waals surface area contributed by atoms with Crippen LogP contribution in [0.2, 0.25) is 0 Å². The molecule has 1 aromatic carbocycles. The van der Waals surface area contributed by atoms with Crippen LogP contribution in [0.4, 0.5) is 0 Å². The van der Waals surface area contributed by atoms with Gasteiger partial charge in [0.05, 0.1) is 13.0 Å². The first-order chi connectivity index (χ1) is 12.3. The smallest absolute Gasteiger partial charge is 0.230 e. The highest BCUT2D eigenvalue weighted by Gasteiger charge is 2.49. The number of hydrogen-bond acceptors (Lipinski definition) is 4. The average Bonchev–Trinajstić information content (AvgIpc) is 3.07. The predicted molar refractivity (Wildman–Crippen MR) is 95.1 cm³/mol. The number of hydroxylamine groups is 2. The number of methoxy groups -OCH3 is 1. The van der Waals surface area contributed by atoms with Crippen molar-refractivity contribution in [3.05, 3.63) is 29.8 Å². The van der Waals surface area contributed by atoms with E-state index in [-0.39, 0.29) is 24.0 Å². The lowest BCUT2D eigenvalue weighted by molar-refractivity contribution is -0.173. The lowest BCUT2D eigenvalue weighted by Crippen LogP contribution is -2.46. The molecule has 136 valence electrons. The Labute approximate surface area is 149 Å². The van der Waals surface area contributed by atoms with E-state index in [4.69, 9.17) is 9.57 Å². The van der Waals surface area contributed by atoms with Crippen molar-refractivity contribution in [1.29, 1.82) is 0 Å². The Morgan fingerprint density at radius 3 is 2.48 bits per heavy atom. The Hall–Kier alpha value is -1.59. The molecule has 3 saturated heterocycles. The number of amides is 1. The van der Waals surface area contributed by atoms with Crippen molar-refractivity contribution in [2.75, 3.05) is 26.7 Å². The molecule has 3 aliphatic heterocycles. The minimum absolute atomic E-state index is 0.0909. The molecule has 4 rings (SSSR count). The summed E-state index contributed by atoms with van der Waals surface area (Å²) in [6.07, 6.45) is 6.70. The average molecular weight is 344 g/mol. The topological polar surface area (TPSA) is 42.0 Å². The maximum absolute atomic E-state index is 13.4. The Kier molecular flexibility index (Phi) is 4.95. The van der Waals surface area contributed by atoms with Crippen molar-refractivity contribution in [2.24, 2.45) is 5.92 Å². The van der Waals surface area contributed by atoms with E-state index in [0.29, 0.717) is 0 Å². The van der Waals surface area contributed by atoms with Crippen molar-refractivity contribution in [2.45, 2.75) is 50.7 Å². The molecule has 0 spiro atoms. The largest absolute Gasteiger partial charge is 0.497 e. The minimum atomic E-state index is -0.177. The number of likely N-dealkylation sites (tertiary alicyclic amines) is 1. The predicted octanol–water partition coefficient (Wildman–Crippen LogP) is 3.16. The van der Waals surface area contributed by atoms with Gasteiger partial charge in [0.1, 0.15) is 11.9 Å². The summed E-state index contributed by atoms with van der Waals surface area (Å²) in [6.45, 7) is 2.73. The molecular formula is C20H28N2O3. The third-order valence-corrected chi connectivity index (χ3v) is 5.89. The molecule has 0 N–H and O–H groups in total. The van der Waals surface area contributed by atoms with Crippen molar-refractivity contribution < 1.29 is 14.4 Å². The molecule has 25 heavy (non-hydrogen) atoms. The van der Waals surface area contributed by atoms with Crippen LogP contribution in [0.5, 0.6) is 5.75 Å². The first kappa shape index (κ1) is 16.9. The van der Waals surface area contributed by atoms with Gasteiger partial charge in [-0.2, -0.15) is 5.06 Å². The number of ether oxygens (including phenoxy) is 1. The Bertz CT molecular complexity index is 597. The van der Waals surface area contributed by atoms with Crippen LogP contribution in [-0.2, 0) is 9.63 Å².